The summed E-state index contributed by atoms with van der Waals surface area (Å²) in [6.45, 7) is -2.38. The van der Waals surface area contributed by atoms with Gasteiger partial charge in [0.05, 0.1) is 23.7 Å². The molecular weight excluding hydrogens is 445 g/mol. The number of hydrogen-bond acceptors (Lipinski definition) is 6. The minimum absolute atomic E-state index is 0.00639. The van der Waals surface area contributed by atoms with Gasteiger partial charge in [-0.05, 0) is 47.6 Å². The molecule has 10 heteroatoms. The maximum absolute atomic E-state index is 13.3. The van der Waals surface area contributed by atoms with Gasteiger partial charge in [-0.1, -0.05) is 12.1 Å². The van der Waals surface area contributed by atoms with Gasteiger partial charge in [-0.25, -0.2) is 13.4 Å². The van der Waals surface area contributed by atoms with Gasteiger partial charge in [0.1, 0.15) is 6.07 Å². The number of alkyl halides is 3. The molecule has 1 saturated heterocycles. The van der Waals surface area contributed by atoms with Gasteiger partial charge in [0.15, 0.2) is 10.8 Å². The zero-order chi connectivity index (χ0) is 22.9. The summed E-state index contributed by atoms with van der Waals surface area (Å²) in [5.74, 6) is -0.177. The first-order valence-corrected chi connectivity index (χ1v) is 11.7. The SMILES string of the molecule is FC(F)F.N#CC1=C(S(=O)(=O)c2ccccn2)C2=C(C3CCC4(CC3)OCCO4)C=C1C2. The lowest BCUT2D eigenvalue weighted by Gasteiger charge is -2.36. The van der Waals surface area contributed by atoms with Crippen molar-refractivity contribution in [1.82, 2.24) is 4.98 Å². The van der Waals surface area contributed by atoms with Crippen LogP contribution in [0.3, 0.4) is 0 Å². The number of aromatic nitrogens is 1. The van der Waals surface area contributed by atoms with Crippen molar-refractivity contribution in [3.05, 3.63) is 57.7 Å². The molecule has 32 heavy (non-hydrogen) atoms. The molecule has 1 saturated carbocycles. The molecule has 6 nitrogen and oxygen atoms in total. The smallest absolute Gasteiger partial charge is 0.348 e. The van der Waals surface area contributed by atoms with Crippen molar-refractivity contribution in [2.45, 2.75) is 49.6 Å². The van der Waals surface area contributed by atoms with E-state index < -0.39 is 22.3 Å². The highest BCUT2D eigenvalue weighted by Crippen LogP contribution is 2.52. The Labute approximate surface area is 184 Å². The van der Waals surface area contributed by atoms with E-state index in [4.69, 9.17) is 9.47 Å². The fourth-order valence-electron chi connectivity index (χ4n) is 4.84. The summed E-state index contributed by atoms with van der Waals surface area (Å²) < 4.78 is 67.1. The van der Waals surface area contributed by atoms with Crippen molar-refractivity contribution in [2.24, 2.45) is 5.92 Å². The highest BCUT2D eigenvalue weighted by atomic mass is 32.2. The van der Waals surface area contributed by atoms with Crippen LogP contribution in [0.5, 0.6) is 0 Å². The Morgan fingerprint density at radius 2 is 1.81 bits per heavy atom. The van der Waals surface area contributed by atoms with E-state index in [1.807, 2.05) is 6.08 Å². The van der Waals surface area contributed by atoms with Crippen molar-refractivity contribution in [1.29, 1.82) is 5.26 Å². The van der Waals surface area contributed by atoms with E-state index in [0.717, 1.165) is 42.4 Å². The molecular formula is C22H21F3N2O4S. The number of ether oxygens (including phenoxy) is 2. The van der Waals surface area contributed by atoms with Crippen LogP contribution in [-0.2, 0) is 19.3 Å². The van der Waals surface area contributed by atoms with Crippen molar-refractivity contribution in [3.8, 4) is 6.07 Å². The Bertz CT molecular complexity index is 1120. The Hall–Kier alpha value is -2.48. The second kappa shape index (κ2) is 8.81. The average molecular weight is 466 g/mol. The van der Waals surface area contributed by atoms with Crippen LogP contribution in [0.1, 0.15) is 32.1 Å². The third kappa shape index (κ3) is 4.12. The molecule has 2 fully saturated rings. The van der Waals surface area contributed by atoms with Gasteiger partial charge in [-0.15, -0.1) is 0 Å². The van der Waals surface area contributed by atoms with Crippen LogP contribution in [0.25, 0.3) is 0 Å². The van der Waals surface area contributed by atoms with E-state index in [2.05, 4.69) is 11.1 Å². The van der Waals surface area contributed by atoms with Gasteiger partial charge in [0.25, 0.3) is 0 Å². The second-order valence-electron chi connectivity index (χ2n) is 7.90. The normalized spacial score (nSPS) is 22.3. The van der Waals surface area contributed by atoms with Gasteiger partial charge in [-0.3, -0.25) is 0 Å². The molecule has 3 aliphatic carbocycles. The van der Waals surface area contributed by atoms with E-state index in [-0.39, 0.29) is 21.4 Å². The number of allylic oxidation sites excluding steroid dienone is 5. The molecule has 4 aliphatic rings. The topological polar surface area (TPSA) is 89.3 Å². The number of sulfone groups is 1. The number of halogens is 3. The van der Waals surface area contributed by atoms with Gasteiger partial charge >= 0.3 is 6.68 Å². The quantitative estimate of drug-likeness (QED) is 0.657. The Morgan fingerprint density at radius 3 is 2.38 bits per heavy atom. The molecule has 170 valence electrons. The van der Waals surface area contributed by atoms with E-state index >= 15 is 0 Å². The Kier molecular flexibility index (Phi) is 6.25. The van der Waals surface area contributed by atoms with E-state index in [1.165, 1.54) is 12.3 Å². The van der Waals surface area contributed by atoms with Crippen molar-refractivity contribution >= 4 is 9.84 Å². The highest BCUT2D eigenvalue weighted by Gasteiger charge is 2.45. The minimum Gasteiger partial charge on any atom is -0.348 e. The van der Waals surface area contributed by atoms with Crippen LogP contribution in [-0.4, -0.2) is 39.1 Å². The number of fused-ring (bicyclic) bond motifs is 2. The second-order valence-corrected chi connectivity index (χ2v) is 9.73. The molecule has 2 bridgehead atoms. The van der Waals surface area contributed by atoms with Crippen LogP contribution in [0, 0.1) is 17.2 Å². The predicted molar refractivity (Wildman–Crippen MR) is 107 cm³/mol. The number of rotatable bonds is 3. The molecule has 5 rings (SSSR count). The molecule has 0 N–H and O–H groups in total. The largest absolute Gasteiger partial charge is 0.379 e. The average Bonchev–Trinajstić information content (AvgIpc) is 3.49. The van der Waals surface area contributed by atoms with Gasteiger partial charge in [-0.2, -0.15) is 18.4 Å². The fraction of sp³-hybridized carbons (Fsp3) is 0.455. The van der Waals surface area contributed by atoms with E-state index in [1.54, 1.807) is 12.1 Å². The third-order valence-corrected chi connectivity index (χ3v) is 7.94. The molecule has 0 atom stereocenters. The minimum atomic E-state index is -3.83. The molecule has 0 amide bonds. The summed E-state index contributed by atoms with van der Waals surface area (Å²) in [7, 11) is -3.83. The van der Waals surface area contributed by atoms with Gasteiger partial charge in [0.2, 0.25) is 9.84 Å². The summed E-state index contributed by atoms with van der Waals surface area (Å²) in [5.41, 5.74) is 2.94. The zero-order valence-corrected chi connectivity index (χ0v) is 17.9. The monoisotopic (exact) mass is 466 g/mol. The summed E-state index contributed by atoms with van der Waals surface area (Å²) in [6.07, 6.45) is 7.43. The van der Waals surface area contributed by atoms with Crippen LogP contribution in [0.15, 0.2) is 62.7 Å². The van der Waals surface area contributed by atoms with E-state index in [0.29, 0.717) is 19.6 Å². The molecule has 0 radical (unpaired) electrons. The molecule has 1 aromatic heterocycles. The summed E-state index contributed by atoms with van der Waals surface area (Å²) in [6, 6.07) is 6.93. The molecule has 1 aromatic rings. The van der Waals surface area contributed by atoms with Gasteiger partial charge < -0.3 is 9.47 Å². The summed E-state index contributed by atoms with van der Waals surface area (Å²) in [4.78, 5) is 4.19. The van der Waals surface area contributed by atoms with Crippen LogP contribution < -0.4 is 0 Å². The third-order valence-electron chi connectivity index (χ3n) is 6.16. The lowest BCUT2D eigenvalue weighted by atomic mass is 9.79. The summed E-state index contributed by atoms with van der Waals surface area (Å²) >= 11 is 0. The number of nitrogens with zero attached hydrogens (tertiary/aromatic N) is 2. The van der Waals surface area contributed by atoms with Crippen LogP contribution in [0.2, 0.25) is 0 Å². The number of pyridine rings is 1. The maximum atomic E-state index is 13.3. The Morgan fingerprint density at radius 1 is 1.16 bits per heavy atom. The molecule has 2 heterocycles. The van der Waals surface area contributed by atoms with Gasteiger partial charge in [0, 0.05) is 25.5 Å². The fourth-order valence-corrected chi connectivity index (χ4v) is 6.46. The Balaban J connectivity index is 0.000000567. The number of nitriles is 1. The first-order valence-electron chi connectivity index (χ1n) is 10.2. The first kappa shape index (κ1) is 22.7. The van der Waals surface area contributed by atoms with Crippen molar-refractivity contribution < 1.29 is 31.1 Å². The molecule has 0 unspecified atom stereocenters. The molecule has 1 spiro atoms. The van der Waals surface area contributed by atoms with Crippen molar-refractivity contribution in [2.75, 3.05) is 13.2 Å². The predicted octanol–water partition coefficient (Wildman–Crippen LogP) is 4.39. The lowest BCUT2D eigenvalue weighted by molar-refractivity contribution is -0.180. The zero-order valence-electron chi connectivity index (χ0n) is 17.1. The van der Waals surface area contributed by atoms with Crippen molar-refractivity contribution in [3.63, 3.8) is 0 Å². The standard InChI is InChI=1S/C21H20N2O4S.CHF3/c22-13-18-15-11-16(14-4-6-21(7-5-14)26-9-10-27-21)17(12-15)20(18)28(24,25)19-3-1-2-8-23-19;2-1(3)4/h1-3,8,11,14H,4-7,9-10,12H2;1H. The number of hydrogen-bond donors (Lipinski definition) is 0. The van der Waals surface area contributed by atoms with E-state index in [9.17, 15) is 26.9 Å². The molecule has 0 aromatic carbocycles. The van der Waals surface area contributed by atoms with Crippen LogP contribution >= 0.6 is 0 Å². The van der Waals surface area contributed by atoms with Crippen LogP contribution in [0.4, 0.5) is 13.2 Å². The first-order chi connectivity index (χ1) is 15.3. The summed E-state index contributed by atoms with van der Waals surface area (Å²) in [5, 5.41) is 9.61. The lowest BCUT2D eigenvalue weighted by Crippen LogP contribution is -2.35. The maximum Gasteiger partial charge on any atom is 0.379 e. The molecule has 1 aliphatic heterocycles. The highest BCUT2D eigenvalue weighted by molar-refractivity contribution is 7.95.